The van der Waals surface area contributed by atoms with Gasteiger partial charge in [-0.25, -0.2) is 9.37 Å². The van der Waals surface area contributed by atoms with Gasteiger partial charge in [0.05, 0.1) is 28.6 Å². The third-order valence-corrected chi connectivity index (χ3v) is 4.50. The summed E-state index contributed by atoms with van der Waals surface area (Å²) in [4.78, 5) is 8.46. The molecule has 0 saturated carbocycles. The van der Waals surface area contributed by atoms with Gasteiger partial charge in [0.25, 0.3) is 0 Å². The van der Waals surface area contributed by atoms with Crippen LogP contribution in [0.1, 0.15) is 19.5 Å². The van der Waals surface area contributed by atoms with E-state index in [1.54, 1.807) is 0 Å². The van der Waals surface area contributed by atoms with Crippen LogP contribution in [0.15, 0.2) is 4.90 Å². The number of aliphatic hydroxyl groups is 1. The van der Waals surface area contributed by atoms with Crippen LogP contribution in [0.25, 0.3) is 0 Å². The lowest BCUT2D eigenvalue weighted by atomic mass is 10.0. The molecule has 2 rings (SSSR count). The van der Waals surface area contributed by atoms with E-state index < -0.39 is 22.6 Å². The zero-order valence-electron chi connectivity index (χ0n) is 10.6. The summed E-state index contributed by atoms with van der Waals surface area (Å²) in [7, 11) is -1.18. The summed E-state index contributed by atoms with van der Waals surface area (Å²) in [6.45, 7) is 2.63. The zero-order chi connectivity index (χ0) is 14.2. The summed E-state index contributed by atoms with van der Waals surface area (Å²) in [5.74, 6) is 0.765. The number of nitrogens with zero attached hydrogens (tertiary/aromatic N) is 2. The molecule has 8 heteroatoms. The normalized spacial score (nSPS) is 20.2. The summed E-state index contributed by atoms with van der Waals surface area (Å²) in [6, 6.07) is 0. The van der Waals surface area contributed by atoms with Crippen molar-refractivity contribution < 1.29 is 13.7 Å². The molecular weight excluding hydrogens is 293 g/mol. The van der Waals surface area contributed by atoms with Crippen LogP contribution >= 0.6 is 11.6 Å². The van der Waals surface area contributed by atoms with Gasteiger partial charge in [-0.05, 0) is 25.4 Å². The van der Waals surface area contributed by atoms with Crippen LogP contribution in [0.5, 0.6) is 0 Å². The Hall–Kier alpha value is -0.790. The van der Waals surface area contributed by atoms with Crippen molar-refractivity contribution in [2.75, 3.05) is 17.6 Å². The van der Waals surface area contributed by atoms with E-state index in [4.69, 9.17) is 11.6 Å². The summed E-state index contributed by atoms with van der Waals surface area (Å²) >= 11 is 5.78. The molecule has 19 heavy (non-hydrogen) atoms. The molecule has 0 aliphatic carbocycles. The molecule has 1 aromatic heterocycles. The Kier molecular flexibility index (Phi) is 4.08. The van der Waals surface area contributed by atoms with Crippen LogP contribution in [0.3, 0.4) is 0 Å². The molecule has 0 amide bonds. The van der Waals surface area contributed by atoms with Crippen molar-refractivity contribution in [1.82, 2.24) is 9.97 Å². The first kappa shape index (κ1) is 14.6. The van der Waals surface area contributed by atoms with E-state index in [0.29, 0.717) is 22.8 Å². The smallest absolute Gasteiger partial charge is 0.224 e. The molecular formula is C11H15ClFN3O2S. The maximum absolute atomic E-state index is 13.7. The highest BCUT2D eigenvalue weighted by Crippen LogP contribution is 2.29. The lowest BCUT2D eigenvalue weighted by Crippen LogP contribution is -2.37. The molecule has 1 aromatic rings. The number of halogens is 2. The Balaban J connectivity index is 2.20. The minimum absolute atomic E-state index is 0.0406. The van der Waals surface area contributed by atoms with Crippen molar-refractivity contribution in [2.45, 2.75) is 36.9 Å². The first-order valence-corrected chi connectivity index (χ1v) is 7.54. The van der Waals surface area contributed by atoms with Gasteiger partial charge in [0.1, 0.15) is 16.9 Å². The Morgan fingerprint density at radius 3 is 2.89 bits per heavy atom. The molecule has 2 heterocycles. The lowest BCUT2D eigenvalue weighted by Gasteiger charge is -2.23. The number of aromatic nitrogens is 2. The van der Waals surface area contributed by atoms with Gasteiger partial charge in [-0.3, -0.25) is 4.21 Å². The number of anilines is 1. The van der Waals surface area contributed by atoms with Gasteiger partial charge in [0.15, 0.2) is 0 Å². The molecule has 1 aliphatic heterocycles. The third kappa shape index (κ3) is 3.21. The van der Waals surface area contributed by atoms with Gasteiger partial charge in [-0.2, -0.15) is 4.98 Å². The number of hydrogen-bond donors (Lipinski definition) is 2. The van der Waals surface area contributed by atoms with Crippen LogP contribution in [0.4, 0.5) is 10.2 Å². The van der Waals surface area contributed by atoms with Crippen LogP contribution in [0, 0.1) is 0 Å². The van der Waals surface area contributed by atoms with E-state index >= 15 is 0 Å². The molecule has 0 saturated heterocycles. The fourth-order valence-corrected chi connectivity index (χ4v) is 3.24. The first-order chi connectivity index (χ1) is 8.79. The highest BCUT2D eigenvalue weighted by Gasteiger charge is 2.29. The zero-order valence-corrected chi connectivity index (χ0v) is 12.2. The maximum atomic E-state index is 13.7. The van der Waals surface area contributed by atoms with Gasteiger partial charge in [0, 0.05) is 12.2 Å². The van der Waals surface area contributed by atoms with Gasteiger partial charge in [0.2, 0.25) is 5.28 Å². The third-order valence-electron chi connectivity index (χ3n) is 2.88. The Labute approximate surface area is 118 Å². The van der Waals surface area contributed by atoms with E-state index in [1.165, 1.54) is 13.8 Å². The molecule has 0 bridgehead atoms. The number of rotatable bonds is 4. The monoisotopic (exact) mass is 307 g/mol. The predicted octanol–water partition coefficient (Wildman–Crippen LogP) is 1.31. The van der Waals surface area contributed by atoms with Gasteiger partial charge in [-0.1, -0.05) is 0 Å². The van der Waals surface area contributed by atoms with Crippen LogP contribution in [-0.2, 0) is 17.2 Å². The number of hydrogen-bond acceptors (Lipinski definition) is 5. The summed E-state index contributed by atoms with van der Waals surface area (Å²) in [6.07, 6.45) is -0.907. The number of alkyl halides is 1. The number of fused-ring (bicyclic) bond motifs is 1. The lowest BCUT2D eigenvalue weighted by molar-refractivity contribution is 0.00319. The van der Waals surface area contributed by atoms with E-state index in [-0.39, 0.29) is 17.6 Å². The van der Waals surface area contributed by atoms with Crippen LogP contribution in [0.2, 0.25) is 5.28 Å². The van der Waals surface area contributed by atoms with Gasteiger partial charge < -0.3 is 10.4 Å². The summed E-state index contributed by atoms with van der Waals surface area (Å²) in [5, 5.41) is 12.3. The Bertz CT molecular complexity index is 521. The highest BCUT2D eigenvalue weighted by atomic mass is 35.5. The van der Waals surface area contributed by atoms with E-state index in [0.717, 1.165) is 0 Å². The molecule has 0 unspecified atom stereocenters. The average molecular weight is 308 g/mol. The van der Waals surface area contributed by atoms with Crippen molar-refractivity contribution >= 4 is 28.2 Å². The largest absolute Gasteiger partial charge is 0.387 e. The summed E-state index contributed by atoms with van der Waals surface area (Å²) in [5.41, 5.74) is -0.814. The fourth-order valence-electron chi connectivity index (χ4n) is 1.72. The van der Waals surface area contributed by atoms with Crippen molar-refractivity contribution in [3.05, 3.63) is 11.0 Å². The molecule has 0 fully saturated rings. The molecule has 2 N–H and O–H groups in total. The fraction of sp³-hybridized carbons (Fsp3) is 0.636. The van der Waals surface area contributed by atoms with Gasteiger partial charge >= 0.3 is 0 Å². The summed E-state index contributed by atoms with van der Waals surface area (Å²) < 4.78 is 25.5. The van der Waals surface area contributed by atoms with E-state index in [9.17, 15) is 13.7 Å². The highest BCUT2D eigenvalue weighted by molar-refractivity contribution is 7.85. The van der Waals surface area contributed by atoms with Crippen LogP contribution in [-0.4, -0.2) is 43.4 Å². The Morgan fingerprint density at radius 1 is 1.58 bits per heavy atom. The minimum atomic E-state index is -1.48. The molecule has 0 spiro atoms. The SMILES string of the molecule is CC(C)(O)[C@H](F)CNc1nc(Cl)nc2c1[S@](=O)CC2. The Morgan fingerprint density at radius 2 is 2.26 bits per heavy atom. The van der Waals surface area contributed by atoms with Gasteiger partial charge in [-0.15, -0.1) is 0 Å². The molecule has 0 aromatic carbocycles. The van der Waals surface area contributed by atoms with Crippen molar-refractivity contribution in [3.63, 3.8) is 0 Å². The standard InChI is InChI=1S/C11H15ClFN3O2S/c1-11(2,17)7(13)5-14-9-8-6(3-4-19(8)18)15-10(12)16-9/h7,17H,3-5H2,1-2H3,(H,14,15,16)/t7-,19-/m1/s1. The number of aryl methyl sites for hydroxylation is 1. The quantitative estimate of drug-likeness (QED) is 0.821. The predicted molar refractivity (Wildman–Crippen MR) is 71.7 cm³/mol. The van der Waals surface area contributed by atoms with Crippen molar-refractivity contribution in [3.8, 4) is 0 Å². The first-order valence-electron chi connectivity index (χ1n) is 5.84. The second-order valence-corrected chi connectivity index (χ2v) is 6.76. The topological polar surface area (TPSA) is 75.1 Å². The van der Waals surface area contributed by atoms with Crippen molar-refractivity contribution in [2.24, 2.45) is 0 Å². The maximum Gasteiger partial charge on any atom is 0.224 e. The number of nitrogens with one attached hydrogen (secondary N) is 1. The van der Waals surface area contributed by atoms with Crippen LogP contribution < -0.4 is 5.32 Å². The second-order valence-electron chi connectivity index (χ2n) is 4.92. The van der Waals surface area contributed by atoms with E-state index in [2.05, 4.69) is 15.3 Å². The van der Waals surface area contributed by atoms with E-state index in [1.807, 2.05) is 0 Å². The molecule has 0 radical (unpaired) electrons. The minimum Gasteiger partial charge on any atom is -0.387 e. The molecule has 2 atom stereocenters. The second kappa shape index (κ2) is 5.30. The molecule has 106 valence electrons. The van der Waals surface area contributed by atoms with Crippen molar-refractivity contribution in [1.29, 1.82) is 0 Å². The average Bonchev–Trinajstić information content (AvgIpc) is 2.66. The molecule has 5 nitrogen and oxygen atoms in total. The molecule has 1 aliphatic rings.